The van der Waals surface area contributed by atoms with Gasteiger partial charge < -0.3 is 4.98 Å². The summed E-state index contributed by atoms with van der Waals surface area (Å²) in [6.45, 7) is 3.80. The smallest absolute Gasteiger partial charge is 0.136 e. The molecule has 3 aliphatic heterocycles. The number of carbonyl (C=O) groups excluding carboxylic acids is 1. The highest BCUT2D eigenvalue weighted by Gasteiger charge is 2.53. The second-order valence-electron chi connectivity index (χ2n) is 7.20. The summed E-state index contributed by atoms with van der Waals surface area (Å²) in [5, 5.41) is 1.39. The Kier molecular flexibility index (Phi) is 3.55. The molecule has 2 unspecified atom stereocenters. The van der Waals surface area contributed by atoms with Crippen LogP contribution in [0.15, 0.2) is 24.3 Å². The van der Waals surface area contributed by atoms with Gasteiger partial charge in [-0.05, 0) is 31.4 Å². The number of H-pyrrole nitrogens is 1. The van der Waals surface area contributed by atoms with Crippen LogP contribution in [0, 0.1) is 5.92 Å². The lowest BCUT2D eigenvalue weighted by atomic mass is 9.84. The lowest BCUT2D eigenvalue weighted by Gasteiger charge is -2.50. The van der Waals surface area contributed by atoms with Gasteiger partial charge in [-0.15, -0.1) is 23.5 Å². The number of aromatic amines is 1. The molecule has 2 saturated heterocycles. The molecule has 0 radical (unpaired) electrons. The highest BCUT2D eigenvalue weighted by molar-refractivity contribution is 8.21. The predicted octanol–water partition coefficient (Wildman–Crippen LogP) is 3.85. The molecule has 126 valence electrons. The minimum absolute atomic E-state index is 0.0961. The standard InChI is InChI=1S/C19H22N2OS2/c1-12(22)15-11-21-7-6-14-13-4-2-3-5-16(13)20-18(14)17(21)10-19(15)23-8-9-24-19/h2-5,15,17,20H,6-11H2,1H3. The van der Waals surface area contributed by atoms with E-state index in [4.69, 9.17) is 0 Å². The molecule has 0 bridgehead atoms. The largest absolute Gasteiger partial charge is 0.357 e. The number of aromatic nitrogens is 1. The van der Waals surface area contributed by atoms with Crippen molar-refractivity contribution in [2.75, 3.05) is 24.6 Å². The van der Waals surface area contributed by atoms with Crippen molar-refractivity contribution in [3.63, 3.8) is 0 Å². The Hall–Kier alpha value is -0.910. The molecule has 2 atom stereocenters. The average Bonchev–Trinajstić information content (AvgIpc) is 3.19. The van der Waals surface area contributed by atoms with Gasteiger partial charge in [0.15, 0.2) is 0 Å². The Labute approximate surface area is 150 Å². The maximum Gasteiger partial charge on any atom is 0.136 e. The molecular weight excluding hydrogens is 336 g/mol. The highest BCUT2D eigenvalue weighted by Crippen LogP contribution is 2.58. The molecule has 0 aliphatic carbocycles. The number of hydrogen-bond acceptors (Lipinski definition) is 4. The molecule has 3 aliphatic rings. The Bertz CT molecular complexity index is 809. The number of Topliss-reactive ketones (excluding diaryl/α,β-unsaturated/α-hetero) is 1. The zero-order chi connectivity index (χ0) is 16.3. The number of thioether (sulfide) groups is 2. The molecule has 5 rings (SSSR count). The van der Waals surface area contributed by atoms with E-state index in [1.165, 1.54) is 33.7 Å². The first-order chi connectivity index (χ1) is 11.7. The van der Waals surface area contributed by atoms with Crippen molar-refractivity contribution in [3.8, 4) is 0 Å². The third kappa shape index (κ3) is 2.14. The number of piperidine rings is 1. The zero-order valence-electron chi connectivity index (χ0n) is 13.9. The number of carbonyl (C=O) groups is 1. The van der Waals surface area contributed by atoms with Gasteiger partial charge >= 0.3 is 0 Å². The van der Waals surface area contributed by atoms with Crippen LogP contribution in [0.25, 0.3) is 10.9 Å². The normalized spacial score (nSPS) is 28.9. The van der Waals surface area contributed by atoms with Gasteiger partial charge in [0, 0.05) is 41.2 Å². The number of rotatable bonds is 1. The van der Waals surface area contributed by atoms with Crippen molar-refractivity contribution in [1.82, 2.24) is 9.88 Å². The molecule has 2 fully saturated rings. The summed E-state index contributed by atoms with van der Waals surface area (Å²) in [4.78, 5) is 18.6. The number of nitrogens with zero attached hydrogens (tertiary/aromatic N) is 1. The lowest BCUT2D eigenvalue weighted by molar-refractivity contribution is -0.123. The SMILES string of the molecule is CC(=O)C1CN2CCc3c([nH]c4ccccc34)C2CC12SCCS2. The van der Waals surface area contributed by atoms with Gasteiger partial charge in [0.1, 0.15) is 5.78 Å². The lowest BCUT2D eigenvalue weighted by Crippen LogP contribution is -2.53. The molecule has 1 aromatic carbocycles. The van der Waals surface area contributed by atoms with Crippen LogP contribution >= 0.6 is 23.5 Å². The quantitative estimate of drug-likeness (QED) is 0.840. The Morgan fingerprint density at radius 3 is 2.88 bits per heavy atom. The summed E-state index contributed by atoms with van der Waals surface area (Å²) in [6, 6.07) is 9.12. The molecular formula is C19H22N2OS2. The first kappa shape index (κ1) is 15.4. The molecule has 0 saturated carbocycles. The van der Waals surface area contributed by atoms with Gasteiger partial charge in [0.05, 0.1) is 16.0 Å². The third-order valence-electron chi connectivity index (χ3n) is 5.96. The van der Waals surface area contributed by atoms with Crippen LogP contribution in [-0.4, -0.2) is 44.3 Å². The van der Waals surface area contributed by atoms with Gasteiger partial charge in [-0.25, -0.2) is 0 Å². The molecule has 4 heterocycles. The monoisotopic (exact) mass is 358 g/mol. The van der Waals surface area contributed by atoms with Crippen LogP contribution in [0.3, 0.4) is 0 Å². The van der Waals surface area contributed by atoms with E-state index in [9.17, 15) is 4.79 Å². The molecule has 2 aromatic rings. The summed E-state index contributed by atoms with van der Waals surface area (Å²) < 4.78 is 0.0961. The van der Waals surface area contributed by atoms with E-state index in [1.54, 1.807) is 6.92 Å². The van der Waals surface area contributed by atoms with Crippen LogP contribution in [0.4, 0.5) is 0 Å². The summed E-state index contributed by atoms with van der Waals surface area (Å²) >= 11 is 4.08. The topological polar surface area (TPSA) is 36.1 Å². The summed E-state index contributed by atoms with van der Waals surface area (Å²) in [7, 11) is 0. The van der Waals surface area contributed by atoms with Gasteiger partial charge in [-0.3, -0.25) is 9.69 Å². The van der Waals surface area contributed by atoms with E-state index in [2.05, 4.69) is 34.1 Å². The van der Waals surface area contributed by atoms with Gasteiger partial charge in [0.2, 0.25) is 0 Å². The van der Waals surface area contributed by atoms with Gasteiger partial charge in [-0.1, -0.05) is 18.2 Å². The zero-order valence-corrected chi connectivity index (χ0v) is 15.5. The van der Waals surface area contributed by atoms with E-state index in [0.717, 1.165) is 25.9 Å². The van der Waals surface area contributed by atoms with Crippen molar-refractivity contribution in [2.45, 2.75) is 29.9 Å². The molecule has 1 N–H and O–H groups in total. The molecule has 1 spiro atoms. The number of hydrogen-bond donors (Lipinski definition) is 1. The van der Waals surface area contributed by atoms with Crippen molar-refractivity contribution < 1.29 is 4.79 Å². The van der Waals surface area contributed by atoms with Crippen LogP contribution in [0.2, 0.25) is 0 Å². The van der Waals surface area contributed by atoms with Crippen LogP contribution < -0.4 is 0 Å². The number of fused-ring (bicyclic) bond motifs is 5. The summed E-state index contributed by atoms with van der Waals surface area (Å²) in [6.07, 6.45) is 2.18. The van der Waals surface area contributed by atoms with Gasteiger partial charge in [0.25, 0.3) is 0 Å². The Morgan fingerprint density at radius 2 is 2.08 bits per heavy atom. The summed E-state index contributed by atoms with van der Waals surface area (Å²) in [5.74, 6) is 2.91. The fourth-order valence-electron chi connectivity index (χ4n) is 4.83. The molecule has 3 nitrogen and oxygen atoms in total. The van der Waals surface area contributed by atoms with E-state index in [-0.39, 0.29) is 10.00 Å². The number of ketones is 1. The minimum atomic E-state index is 0.0961. The van der Waals surface area contributed by atoms with Crippen molar-refractivity contribution in [2.24, 2.45) is 5.92 Å². The van der Waals surface area contributed by atoms with E-state index in [0.29, 0.717) is 11.8 Å². The Morgan fingerprint density at radius 1 is 1.29 bits per heavy atom. The summed E-state index contributed by atoms with van der Waals surface area (Å²) in [5.41, 5.74) is 4.19. The van der Waals surface area contributed by atoms with Crippen molar-refractivity contribution in [1.29, 1.82) is 0 Å². The van der Waals surface area contributed by atoms with Gasteiger partial charge in [-0.2, -0.15) is 0 Å². The third-order valence-corrected chi connectivity index (χ3v) is 9.62. The minimum Gasteiger partial charge on any atom is -0.357 e. The van der Waals surface area contributed by atoms with E-state index >= 15 is 0 Å². The van der Waals surface area contributed by atoms with Crippen LogP contribution in [-0.2, 0) is 11.2 Å². The maximum atomic E-state index is 12.4. The van der Waals surface area contributed by atoms with E-state index in [1.807, 2.05) is 23.5 Å². The molecule has 0 amide bonds. The maximum absolute atomic E-state index is 12.4. The fraction of sp³-hybridized carbons (Fsp3) is 0.526. The molecule has 1 aromatic heterocycles. The van der Waals surface area contributed by atoms with Crippen molar-refractivity contribution >= 4 is 40.2 Å². The Balaban J connectivity index is 1.59. The molecule has 24 heavy (non-hydrogen) atoms. The number of nitrogens with one attached hydrogen (secondary N) is 1. The second kappa shape index (κ2) is 5.55. The number of para-hydroxylation sites is 1. The number of benzene rings is 1. The highest BCUT2D eigenvalue weighted by atomic mass is 32.2. The predicted molar refractivity (Wildman–Crippen MR) is 103 cm³/mol. The van der Waals surface area contributed by atoms with E-state index < -0.39 is 0 Å². The van der Waals surface area contributed by atoms with Crippen LogP contribution in [0.1, 0.15) is 30.6 Å². The van der Waals surface area contributed by atoms with Crippen molar-refractivity contribution in [3.05, 3.63) is 35.5 Å². The fourth-order valence-corrected chi connectivity index (χ4v) is 8.46. The molecule has 5 heteroatoms. The van der Waals surface area contributed by atoms with Crippen LogP contribution in [0.5, 0.6) is 0 Å². The second-order valence-corrected chi connectivity index (χ2v) is 10.3. The first-order valence-corrected chi connectivity index (χ1v) is 10.8. The average molecular weight is 359 g/mol. The first-order valence-electron chi connectivity index (χ1n) is 8.80.